The van der Waals surface area contributed by atoms with Gasteiger partial charge >= 0.3 is 0 Å². The first kappa shape index (κ1) is 35.6. The number of nitrogens with zero attached hydrogens (tertiary/aromatic N) is 9. The zero-order valence-corrected chi connectivity index (χ0v) is 32.6. The van der Waals surface area contributed by atoms with Crippen molar-refractivity contribution in [3.05, 3.63) is 93.1 Å². The largest absolute Gasteiger partial charge is 0.388 e. The molecule has 6 aromatic heterocycles. The van der Waals surface area contributed by atoms with Crippen LogP contribution in [0.3, 0.4) is 0 Å². The van der Waals surface area contributed by atoms with Crippen LogP contribution in [-0.2, 0) is 19.5 Å². The molecular formula is C37H43Br2N13O. The Labute approximate surface area is 324 Å². The average molecular weight is 846 g/mol. The summed E-state index contributed by atoms with van der Waals surface area (Å²) in [4.78, 5) is 20.8. The van der Waals surface area contributed by atoms with Crippen molar-refractivity contribution in [2.75, 3.05) is 27.4 Å². The molecule has 0 bridgehead atoms. The molecule has 6 N–H and O–H groups in total. The van der Waals surface area contributed by atoms with Crippen LogP contribution in [0.5, 0.6) is 0 Å². The van der Waals surface area contributed by atoms with Crippen LogP contribution in [0.25, 0.3) is 11.3 Å². The van der Waals surface area contributed by atoms with Crippen LogP contribution in [-0.4, -0.2) is 74.5 Å². The highest BCUT2D eigenvalue weighted by Crippen LogP contribution is 2.37. The molecule has 1 aliphatic carbocycles. The summed E-state index contributed by atoms with van der Waals surface area (Å²) in [6.45, 7) is 3.80. The van der Waals surface area contributed by atoms with Gasteiger partial charge in [0.1, 0.15) is 23.3 Å². The van der Waals surface area contributed by atoms with E-state index in [1.54, 1.807) is 23.1 Å². The molecule has 2 fully saturated rings. The second-order valence-corrected chi connectivity index (χ2v) is 16.0. The molecule has 14 nitrogen and oxygen atoms in total. The second kappa shape index (κ2) is 15.2. The Morgan fingerprint density at radius 1 is 0.887 bits per heavy atom. The van der Waals surface area contributed by atoms with E-state index < -0.39 is 5.60 Å². The maximum atomic E-state index is 12.4. The van der Waals surface area contributed by atoms with Crippen LogP contribution in [0.2, 0.25) is 0 Å². The van der Waals surface area contributed by atoms with Gasteiger partial charge in [-0.05, 0) is 101 Å². The highest BCUT2D eigenvalue weighted by molar-refractivity contribution is 9.11. The quantitative estimate of drug-likeness (QED) is 0.0982. The van der Waals surface area contributed by atoms with E-state index in [0.717, 1.165) is 94.1 Å². The molecule has 16 heteroatoms. The van der Waals surface area contributed by atoms with Crippen molar-refractivity contribution in [1.29, 1.82) is 0 Å². The standard InChI is InChI=1S/C37H43Br2N13O/c1-37(53,29-7-4-14-50(29)33-16-32(44-21-24-6-3-13-42-19-24)51-35(48-33)27(38)22-45-51)17-28-34(39)36-47-30(46-26-10-8-25(40)9-11-26)15-31(52(36)49-28)43-20-23-5-2-12-41-18-23/h2-3,5-6,12-13,15-16,18-19,22,25-26,29,43-44,53H,4,7-11,14,17,20-21,40H2,1H3,(H,46,47)/t25?,26?,29-,37?/m0/s1. The molecule has 53 heavy (non-hydrogen) atoms. The van der Waals surface area contributed by atoms with Crippen molar-refractivity contribution in [2.45, 2.75) is 88.7 Å². The molecule has 276 valence electrons. The first-order valence-electron chi connectivity index (χ1n) is 18.1. The molecule has 0 aromatic carbocycles. The summed E-state index contributed by atoms with van der Waals surface area (Å²) < 4.78 is 5.17. The number of nitrogens with two attached hydrogens (primary N) is 1. The zero-order valence-electron chi connectivity index (χ0n) is 29.5. The van der Waals surface area contributed by atoms with Crippen molar-refractivity contribution >= 4 is 66.4 Å². The number of hydrogen-bond acceptors (Lipinski definition) is 12. The Balaban J connectivity index is 1.08. The lowest BCUT2D eigenvalue weighted by Crippen LogP contribution is -2.49. The fourth-order valence-corrected chi connectivity index (χ4v) is 8.38. The number of anilines is 4. The van der Waals surface area contributed by atoms with E-state index in [1.807, 2.05) is 60.2 Å². The molecule has 0 radical (unpaired) electrons. The molecule has 1 saturated carbocycles. The van der Waals surface area contributed by atoms with Crippen molar-refractivity contribution in [2.24, 2.45) is 5.73 Å². The Morgan fingerprint density at radius 3 is 2.26 bits per heavy atom. The van der Waals surface area contributed by atoms with E-state index in [4.69, 9.17) is 20.8 Å². The van der Waals surface area contributed by atoms with Crippen molar-refractivity contribution in [3.63, 3.8) is 0 Å². The Morgan fingerprint density at radius 2 is 1.58 bits per heavy atom. The van der Waals surface area contributed by atoms with Crippen LogP contribution in [0.4, 0.5) is 23.3 Å². The van der Waals surface area contributed by atoms with Gasteiger partial charge in [0.05, 0.1) is 32.5 Å². The molecule has 7 heterocycles. The maximum Gasteiger partial charge on any atom is 0.174 e. The summed E-state index contributed by atoms with van der Waals surface area (Å²) in [7, 11) is 0. The molecule has 0 spiro atoms. The van der Waals surface area contributed by atoms with Crippen molar-refractivity contribution in [3.8, 4) is 0 Å². The normalized spacial score (nSPS) is 20.2. The van der Waals surface area contributed by atoms with Gasteiger partial charge in [-0.1, -0.05) is 12.1 Å². The number of nitrogens with one attached hydrogen (secondary N) is 3. The van der Waals surface area contributed by atoms with Crippen LogP contribution in [0.1, 0.15) is 62.3 Å². The monoisotopic (exact) mass is 843 g/mol. The van der Waals surface area contributed by atoms with Gasteiger partial charge in [0.2, 0.25) is 0 Å². The first-order valence-corrected chi connectivity index (χ1v) is 19.7. The fraction of sp³-hybridized carbons (Fsp3) is 0.405. The number of rotatable bonds is 12. The maximum absolute atomic E-state index is 12.4. The van der Waals surface area contributed by atoms with Gasteiger partial charge < -0.3 is 31.7 Å². The predicted octanol–water partition coefficient (Wildman–Crippen LogP) is 5.96. The minimum Gasteiger partial charge on any atom is -0.388 e. The van der Waals surface area contributed by atoms with E-state index in [2.05, 4.69) is 67.8 Å². The Bertz CT molecular complexity index is 2190. The number of aliphatic hydroxyl groups is 1. The predicted molar refractivity (Wildman–Crippen MR) is 213 cm³/mol. The smallest absolute Gasteiger partial charge is 0.174 e. The molecular weight excluding hydrogens is 802 g/mol. The lowest BCUT2D eigenvalue weighted by molar-refractivity contribution is 0.0331. The third-order valence-corrected chi connectivity index (χ3v) is 11.7. The molecule has 2 atom stereocenters. The number of aromatic nitrogens is 8. The summed E-state index contributed by atoms with van der Waals surface area (Å²) in [5, 5.41) is 32.7. The summed E-state index contributed by atoms with van der Waals surface area (Å²) >= 11 is 7.49. The number of fused-ring (bicyclic) bond motifs is 2. The van der Waals surface area contributed by atoms with Gasteiger partial charge in [-0.2, -0.15) is 19.2 Å². The Hall–Kier alpha value is -4.38. The number of halogens is 2. The molecule has 8 rings (SSSR count). The molecule has 0 amide bonds. The lowest BCUT2D eigenvalue weighted by atomic mass is 9.89. The van der Waals surface area contributed by atoms with E-state index in [0.29, 0.717) is 36.8 Å². The SMILES string of the molecule is CC(O)(Cc1nn2c(NCc3cccnc3)cc(NC3CCC(N)CC3)nc2c1Br)[C@@H]1CCCN1c1cc(NCc2cccnc2)n2ncc(Br)c2n1. The van der Waals surface area contributed by atoms with E-state index in [1.165, 1.54) is 0 Å². The highest BCUT2D eigenvalue weighted by Gasteiger charge is 2.41. The van der Waals surface area contributed by atoms with E-state index >= 15 is 0 Å². The summed E-state index contributed by atoms with van der Waals surface area (Å²) in [5.41, 5.74) is 9.23. The second-order valence-electron chi connectivity index (χ2n) is 14.3. The van der Waals surface area contributed by atoms with Gasteiger partial charge in [-0.15, -0.1) is 0 Å². The van der Waals surface area contributed by atoms with Gasteiger partial charge in [-0.3, -0.25) is 9.97 Å². The molecule has 1 unspecified atom stereocenters. The minimum absolute atomic E-state index is 0.215. The topological polar surface area (TPSA) is 172 Å². The number of pyridine rings is 2. The minimum atomic E-state index is -1.16. The van der Waals surface area contributed by atoms with Crippen molar-refractivity contribution < 1.29 is 5.11 Å². The van der Waals surface area contributed by atoms with Gasteiger partial charge in [0.15, 0.2) is 11.3 Å². The van der Waals surface area contributed by atoms with Crippen LogP contribution >= 0.6 is 31.9 Å². The van der Waals surface area contributed by atoms with Gasteiger partial charge in [-0.25, -0.2) is 9.97 Å². The third kappa shape index (κ3) is 7.68. The van der Waals surface area contributed by atoms with E-state index in [9.17, 15) is 5.11 Å². The van der Waals surface area contributed by atoms with Crippen LogP contribution < -0.4 is 26.6 Å². The lowest BCUT2D eigenvalue weighted by Gasteiger charge is -2.37. The zero-order chi connectivity index (χ0) is 36.5. The van der Waals surface area contributed by atoms with Crippen LogP contribution in [0.15, 0.2) is 76.3 Å². The summed E-state index contributed by atoms with van der Waals surface area (Å²) in [6.07, 6.45) is 15.0. The van der Waals surface area contributed by atoms with Gasteiger partial charge in [0.25, 0.3) is 0 Å². The summed E-state index contributed by atoms with van der Waals surface area (Å²) in [5.74, 6) is 3.13. The molecule has 6 aromatic rings. The number of hydrogen-bond donors (Lipinski definition) is 5. The van der Waals surface area contributed by atoms with Crippen molar-refractivity contribution in [1.82, 2.24) is 39.2 Å². The van der Waals surface area contributed by atoms with Gasteiger partial charge in [0, 0.05) is 75.1 Å². The highest BCUT2D eigenvalue weighted by atomic mass is 79.9. The average Bonchev–Trinajstić information content (AvgIpc) is 3.90. The third-order valence-electron chi connectivity index (χ3n) is 10.3. The fourth-order valence-electron chi connectivity index (χ4n) is 7.55. The van der Waals surface area contributed by atoms with E-state index in [-0.39, 0.29) is 12.1 Å². The van der Waals surface area contributed by atoms with Crippen LogP contribution in [0, 0.1) is 0 Å². The summed E-state index contributed by atoms with van der Waals surface area (Å²) in [6, 6.07) is 12.3. The molecule has 1 aliphatic heterocycles. The first-order chi connectivity index (χ1) is 25.7. The molecule has 1 saturated heterocycles. The molecule has 2 aliphatic rings. The Kier molecular flexibility index (Phi) is 10.2.